The summed E-state index contributed by atoms with van der Waals surface area (Å²) in [5.41, 5.74) is 0.330. The third-order valence-electron chi connectivity index (χ3n) is 2.77. The molecule has 0 radical (unpaired) electrons. The van der Waals surface area contributed by atoms with E-state index < -0.39 is 5.97 Å². The fraction of sp³-hybridized carbons (Fsp3) is 0.385. The normalized spacial score (nSPS) is 11.9. The summed E-state index contributed by atoms with van der Waals surface area (Å²) in [4.78, 5) is 22.5. The van der Waals surface area contributed by atoms with Crippen molar-refractivity contribution in [1.82, 2.24) is 5.32 Å². The molecule has 104 valence electrons. The molecule has 0 spiro atoms. The third-order valence-corrected chi connectivity index (χ3v) is 3.32. The molecule has 19 heavy (non-hydrogen) atoms. The lowest BCUT2D eigenvalue weighted by atomic mass is 10.0. The molecule has 0 saturated heterocycles. The SMILES string of the molecule is CCC(CNC(=O)c1ccc(Cl)cc1Cl)CC(=O)O. The summed E-state index contributed by atoms with van der Waals surface area (Å²) in [5, 5.41) is 12.1. The van der Waals surface area contributed by atoms with Crippen molar-refractivity contribution in [3.63, 3.8) is 0 Å². The summed E-state index contributed by atoms with van der Waals surface area (Å²) < 4.78 is 0. The number of hydrogen-bond acceptors (Lipinski definition) is 2. The number of nitrogens with one attached hydrogen (secondary N) is 1. The number of benzene rings is 1. The second-order valence-electron chi connectivity index (χ2n) is 4.21. The first-order valence-corrected chi connectivity index (χ1v) is 6.64. The van der Waals surface area contributed by atoms with Crippen LogP contribution < -0.4 is 5.32 Å². The fourth-order valence-corrected chi connectivity index (χ4v) is 2.11. The van der Waals surface area contributed by atoms with E-state index >= 15 is 0 Å². The van der Waals surface area contributed by atoms with Crippen LogP contribution >= 0.6 is 23.2 Å². The van der Waals surface area contributed by atoms with Crippen molar-refractivity contribution in [3.05, 3.63) is 33.8 Å². The lowest BCUT2D eigenvalue weighted by Crippen LogP contribution is -2.30. The molecule has 4 nitrogen and oxygen atoms in total. The van der Waals surface area contributed by atoms with Crippen LogP contribution in [0.15, 0.2) is 18.2 Å². The molecular formula is C13H15Cl2NO3. The molecule has 0 heterocycles. The van der Waals surface area contributed by atoms with Gasteiger partial charge in [0.1, 0.15) is 0 Å². The van der Waals surface area contributed by atoms with Crippen LogP contribution in [0.1, 0.15) is 30.1 Å². The molecule has 0 aromatic heterocycles. The van der Waals surface area contributed by atoms with E-state index in [9.17, 15) is 9.59 Å². The van der Waals surface area contributed by atoms with E-state index in [-0.39, 0.29) is 23.3 Å². The van der Waals surface area contributed by atoms with Crippen molar-refractivity contribution in [3.8, 4) is 0 Å². The molecular weight excluding hydrogens is 289 g/mol. The van der Waals surface area contributed by atoms with Crippen LogP contribution in [-0.4, -0.2) is 23.5 Å². The minimum absolute atomic E-state index is 0.0329. The summed E-state index contributed by atoms with van der Waals surface area (Å²) >= 11 is 11.7. The summed E-state index contributed by atoms with van der Waals surface area (Å²) in [6.45, 7) is 2.19. The highest BCUT2D eigenvalue weighted by Gasteiger charge is 2.15. The smallest absolute Gasteiger partial charge is 0.303 e. The standard InChI is InChI=1S/C13H15Cl2NO3/c1-2-8(5-12(17)18)7-16-13(19)10-4-3-9(14)6-11(10)15/h3-4,6,8H,2,5,7H2,1H3,(H,16,19)(H,17,18). The highest BCUT2D eigenvalue weighted by atomic mass is 35.5. The number of carboxylic acids is 1. The van der Waals surface area contributed by atoms with E-state index in [2.05, 4.69) is 5.32 Å². The van der Waals surface area contributed by atoms with Crippen LogP contribution in [0, 0.1) is 5.92 Å². The van der Waals surface area contributed by atoms with Gasteiger partial charge >= 0.3 is 5.97 Å². The molecule has 0 bridgehead atoms. The van der Waals surface area contributed by atoms with E-state index in [1.165, 1.54) is 12.1 Å². The predicted octanol–water partition coefficient (Wildman–Crippen LogP) is 3.22. The van der Waals surface area contributed by atoms with E-state index in [4.69, 9.17) is 28.3 Å². The van der Waals surface area contributed by atoms with Crippen LogP contribution in [0.2, 0.25) is 10.0 Å². The monoisotopic (exact) mass is 303 g/mol. The lowest BCUT2D eigenvalue weighted by Gasteiger charge is -2.14. The Hall–Kier alpha value is -1.26. The van der Waals surface area contributed by atoms with Gasteiger partial charge in [0.25, 0.3) is 5.91 Å². The van der Waals surface area contributed by atoms with Crippen LogP contribution in [0.4, 0.5) is 0 Å². The Kier molecular flexibility index (Phi) is 6.12. The summed E-state index contributed by atoms with van der Waals surface area (Å²) in [7, 11) is 0. The first-order chi connectivity index (χ1) is 8.93. The molecule has 0 aliphatic carbocycles. The zero-order chi connectivity index (χ0) is 14.4. The molecule has 1 aromatic rings. The van der Waals surface area contributed by atoms with Crippen molar-refractivity contribution in [2.24, 2.45) is 5.92 Å². The second-order valence-corrected chi connectivity index (χ2v) is 5.05. The summed E-state index contributed by atoms with van der Waals surface area (Å²) in [6.07, 6.45) is 0.714. The molecule has 1 aromatic carbocycles. The van der Waals surface area contributed by atoms with Gasteiger partial charge < -0.3 is 10.4 Å². The van der Waals surface area contributed by atoms with Crippen LogP contribution in [0.25, 0.3) is 0 Å². The van der Waals surface area contributed by atoms with Crippen molar-refractivity contribution in [1.29, 1.82) is 0 Å². The van der Waals surface area contributed by atoms with E-state index in [1.54, 1.807) is 6.07 Å². The molecule has 2 N–H and O–H groups in total. The first kappa shape index (κ1) is 15.8. The molecule has 6 heteroatoms. The van der Waals surface area contributed by atoms with Gasteiger partial charge in [-0.2, -0.15) is 0 Å². The Labute approximate surface area is 121 Å². The van der Waals surface area contributed by atoms with Crippen molar-refractivity contribution < 1.29 is 14.7 Å². The zero-order valence-electron chi connectivity index (χ0n) is 10.5. The number of hydrogen-bond donors (Lipinski definition) is 2. The fourth-order valence-electron chi connectivity index (χ4n) is 1.61. The maximum Gasteiger partial charge on any atom is 0.303 e. The molecule has 0 aliphatic rings. The maximum absolute atomic E-state index is 11.9. The van der Waals surface area contributed by atoms with E-state index in [0.29, 0.717) is 23.6 Å². The number of aliphatic carboxylic acids is 1. The Balaban J connectivity index is 2.61. The number of carboxylic acid groups (broad SMARTS) is 1. The average Bonchev–Trinajstić information content (AvgIpc) is 2.33. The summed E-state index contributed by atoms with van der Waals surface area (Å²) in [5.74, 6) is -1.29. The van der Waals surface area contributed by atoms with Gasteiger partial charge in [0, 0.05) is 18.0 Å². The lowest BCUT2D eigenvalue weighted by molar-refractivity contribution is -0.138. The van der Waals surface area contributed by atoms with Gasteiger partial charge in [-0.05, 0) is 24.1 Å². The van der Waals surface area contributed by atoms with Gasteiger partial charge in [-0.3, -0.25) is 9.59 Å². The van der Waals surface area contributed by atoms with Crippen LogP contribution in [0.5, 0.6) is 0 Å². The van der Waals surface area contributed by atoms with Gasteiger partial charge in [-0.25, -0.2) is 0 Å². The van der Waals surface area contributed by atoms with Crippen molar-refractivity contribution in [2.75, 3.05) is 6.54 Å². The third kappa shape index (κ3) is 5.09. The Bertz CT molecular complexity index is 477. The van der Waals surface area contributed by atoms with Gasteiger partial charge in [0.15, 0.2) is 0 Å². The average molecular weight is 304 g/mol. The summed E-state index contributed by atoms with van der Waals surface area (Å²) in [6, 6.07) is 4.61. The topological polar surface area (TPSA) is 66.4 Å². The number of carbonyl (C=O) groups excluding carboxylic acids is 1. The van der Waals surface area contributed by atoms with E-state index in [1.807, 2.05) is 6.92 Å². The minimum Gasteiger partial charge on any atom is -0.481 e. The van der Waals surface area contributed by atoms with Crippen molar-refractivity contribution >= 4 is 35.1 Å². The molecule has 1 unspecified atom stereocenters. The zero-order valence-corrected chi connectivity index (χ0v) is 12.0. The molecule has 1 rings (SSSR count). The molecule has 0 saturated carbocycles. The molecule has 1 atom stereocenters. The van der Waals surface area contributed by atoms with Crippen LogP contribution in [0.3, 0.4) is 0 Å². The molecule has 0 fully saturated rings. The number of amides is 1. The first-order valence-electron chi connectivity index (χ1n) is 5.89. The molecule has 1 amide bonds. The van der Waals surface area contributed by atoms with Gasteiger partial charge in [-0.1, -0.05) is 36.5 Å². The quantitative estimate of drug-likeness (QED) is 0.848. The van der Waals surface area contributed by atoms with Gasteiger partial charge in [0.2, 0.25) is 0 Å². The van der Waals surface area contributed by atoms with E-state index in [0.717, 1.165) is 0 Å². The second kappa shape index (κ2) is 7.36. The van der Waals surface area contributed by atoms with Crippen LogP contribution in [-0.2, 0) is 4.79 Å². The largest absolute Gasteiger partial charge is 0.481 e. The van der Waals surface area contributed by atoms with Crippen molar-refractivity contribution in [2.45, 2.75) is 19.8 Å². The Morgan fingerprint density at radius 2 is 2.05 bits per heavy atom. The minimum atomic E-state index is -0.870. The van der Waals surface area contributed by atoms with Gasteiger partial charge in [-0.15, -0.1) is 0 Å². The Morgan fingerprint density at radius 3 is 2.58 bits per heavy atom. The Morgan fingerprint density at radius 1 is 1.37 bits per heavy atom. The number of halogens is 2. The maximum atomic E-state index is 11.9. The predicted molar refractivity (Wildman–Crippen MR) is 74.8 cm³/mol. The number of carbonyl (C=O) groups is 2. The van der Waals surface area contributed by atoms with Gasteiger partial charge in [0.05, 0.1) is 10.6 Å². The molecule has 0 aliphatic heterocycles. The highest BCUT2D eigenvalue weighted by Crippen LogP contribution is 2.21. The highest BCUT2D eigenvalue weighted by molar-refractivity contribution is 6.36. The number of rotatable bonds is 6.